The first-order chi connectivity index (χ1) is 11.7. The van der Waals surface area contributed by atoms with Crippen molar-refractivity contribution in [3.05, 3.63) is 64.7 Å². The van der Waals surface area contributed by atoms with Gasteiger partial charge in [0.1, 0.15) is 11.4 Å². The van der Waals surface area contributed by atoms with Gasteiger partial charge in [0.25, 0.3) is 5.91 Å². The average molecular weight is 388 g/mol. The van der Waals surface area contributed by atoms with Gasteiger partial charge in [-0.05, 0) is 46.3 Å². The van der Waals surface area contributed by atoms with Crippen LogP contribution in [0.1, 0.15) is 16.1 Å². The van der Waals surface area contributed by atoms with Crippen LogP contribution in [0, 0.1) is 0 Å². The van der Waals surface area contributed by atoms with Gasteiger partial charge in [-0.25, -0.2) is 4.68 Å². The fraction of sp³-hybridized carbons (Fsp3) is 0.125. The van der Waals surface area contributed by atoms with Crippen LogP contribution in [0.5, 0.6) is 5.75 Å². The molecule has 0 spiro atoms. The molecule has 0 fully saturated rings. The molecule has 2 aromatic heterocycles. The summed E-state index contributed by atoms with van der Waals surface area (Å²) in [5.41, 5.74) is 1.94. The maximum atomic E-state index is 12.3. The number of carbonyl (C=O) groups excluding carboxylic acids is 1. The number of nitrogens with zero attached hydrogens (tertiary/aromatic N) is 4. The minimum atomic E-state index is -0.225. The third kappa shape index (κ3) is 3.60. The van der Waals surface area contributed by atoms with E-state index < -0.39 is 0 Å². The number of hydrogen-bond acceptors (Lipinski definition) is 5. The Kier molecular flexibility index (Phi) is 4.85. The van der Waals surface area contributed by atoms with Crippen molar-refractivity contribution in [1.82, 2.24) is 25.3 Å². The van der Waals surface area contributed by atoms with E-state index in [4.69, 9.17) is 4.74 Å². The molecule has 0 aliphatic heterocycles. The number of hydrogen-bond donors (Lipinski definition) is 1. The normalized spacial score (nSPS) is 10.4. The molecule has 0 saturated carbocycles. The van der Waals surface area contributed by atoms with E-state index in [1.807, 2.05) is 12.1 Å². The monoisotopic (exact) mass is 387 g/mol. The van der Waals surface area contributed by atoms with E-state index in [0.717, 1.165) is 5.69 Å². The second-order valence-electron chi connectivity index (χ2n) is 4.89. The number of methoxy groups -OCH3 is 1. The van der Waals surface area contributed by atoms with Crippen LogP contribution in [0.15, 0.2) is 53.4 Å². The van der Waals surface area contributed by atoms with Crippen molar-refractivity contribution >= 4 is 21.8 Å². The van der Waals surface area contributed by atoms with E-state index in [0.29, 0.717) is 21.5 Å². The lowest BCUT2D eigenvalue weighted by molar-refractivity contribution is 0.0949. The highest BCUT2D eigenvalue weighted by Crippen LogP contribution is 2.22. The zero-order valence-corrected chi connectivity index (χ0v) is 14.4. The molecule has 0 saturated heterocycles. The van der Waals surface area contributed by atoms with Gasteiger partial charge in [-0.15, -0.1) is 5.10 Å². The van der Waals surface area contributed by atoms with Crippen molar-refractivity contribution in [1.29, 1.82) is 0 Å². The predicted octanol–water partition coefficient (Wildman–Crippen LogP) is 2.36. The van der Waals surface area contributed by atoms with Gasteiger partial charge in [0.15, 0.2) is 0 Å². The Balaban J connectivity index is 1.68. The van der Waals surface area contributed by atoms with Gasteiger partial charge in [0, 0.05) is 10.7 Å². The highest BCUT2D eigenvalue weighted by Gasteiger charge is 2.12. The summed E-state index contributed by atoms with van der Waals surface area (Å²) in [7, 11) is 1.56. The van der Waals surface area contributed by atoms with Crippen LogP contribution in [0.25, 0.3) is 5.69 Å². The number of halogens is 1. The Bertz CT molecular complexity index is 851. The second kappa shape index (κ2) is 7.22. The first kappa shape index (κ1) is 16.1. The van der Waals surface area contributed by atoms with Gasteiger partial charge in [-0.2, -0.15) is 0 Å². The Morgan fingerprint density at radius 1 is 1.38 bits per heavy atom. The van der Waals surface area contributed by atoms with Crippen LogP contribution in [-0.2, 0) is 6.54 Å². The van der Waals surface area contributed by atoms with Crippen molar-refractivity contribution in [2.45, 2.75) is 6.54 Å². The molecule has 0 aliphatic carbocycles. The van der Waals surface area contributed by atoms with Crippen molar-refractivity contribution in [3.8, 4) is 11.4 Å². The largest absolute Gasteiger partial charge is 0.497 e. The molecule has 0 unspecified atom stereocenters. The molecular weight excluding hydrogens is 374 g/mol. The Labute approximate surface area is 146 Å². The molecule has 0 radical (unpaired) electrons. The highest BCUT2D eigenvalue weighted by molar-refractivity contribution is 9.10. The van der Waals surface area contributed by atoms with Crippen LogP contribution >= 0.6 is 15.9 Å². The molecule has 3 rings (SSSR count). The third-order valence-electron chi connectivity index (χ3n) is 3.30. The van der Waals surface area contributed by atoms with Crippen LogP contribution in [0.4, 0.5) is 0 Å². The number of carbonyl (C=O) groups is 1. The quantitative estimate of drug-likeness (QED) is 0.726. The molecule has 24 heavy (non-hydrogen) atoms. The van der Waals surface area contributed by atoms with E-state index in [-0.39, 0.29) is 12.5 Å². The van der Waals surface area contributed by atoms with Crippen LogP contribution in [-0.4, -0.2) is 33.0 Å². The smallest absolute Gasteiger partial charge is 0.252 e. The maximum Gasteiger partial charge on any atom is 0.252 e. The highest BCUT2D eigenvalue weighted by atomic mass is 79.9. The summed E-state index contributed by atoms with van der Waals surface area (Å²) in [5, 5.41) is 10.9. The summed E-state index contributed by atoms with van der Waals surface area (Å²) in [6, 6.07) is 8.91. The number of ether oxygens (including phenoxy) is 1. The molecule has 0 atom stereocenters. The van der Waals surface area contributed by atoms with Crippen molar-refractivity contribution < 1.29 is 9.53 Å². The minimum Gasteiger partial charge on any atom is -0.497 e. The Morgan fingerprint density at radius 3 is 3.00 bits per heavy atom. The third-order valence-corrected chi connectivity index (χ3v) is 3.99. The van der Waals surface area contributed by atoms with E-state index in [2.05, 4.69) is 36.5 Å². The van der Waals surface area contributed by atoms with E-state index in [9.17, 15) is 4.79 Å². The molecule has 8 heteroatoms. The summed E-state index contributed by atoms with van der Waals surface area (Å²) in [6.45, 7) is 0.267. The number of rotatable bonds is 5. The van der Waals surface area contributed by atoms with Gasteiger partial charge >= 0.3 is 0 Å². The standard InChI is InChI=1S/C16H14BrN5O2/c1-24-13-4-5-15(17)14(7-13)16(23)19-8-11-10-22(21-20-11)12-3-2-6-18-9-12/h2-7,9-10H,8H2,1H3,(H,19,23). The summed E-state index contributed by atoms with van der Waals surface area (Å²) < 4.78 is 7.44. The molecule has 1 aromatic carbocycles. The van der Waals surface area contributed by atoms with E-state index in [1.54, 1.807) is 48.6 Å². The average Bonchev–Trinajstić information content (AvgIpc) is 3.10. The van der Waals surface area contributed by atoms with Crippen LogP contribution in [0.2, 0.25) is 0 Å². The number of nitrogens with one attached hydrogen (secondary N) is 1. The van der Waals surface area contributed by atoms with Crippen molar-refractivity contribution in [2.75, 3.05) is 7.11 Å². The van der Waals surface area contributed by atoms with Gasteiger partial charge in [-0.1, -0.05) is 5.21 Å². The molecule has 2 heterocycles. The molecule has 1 amide bonds. The topological polar surface area (TPSA) is 81.9 Å². The molecule has 0 aliphatic rings. The fourth-order valence-electron chi connectivity index (χ4n) is 2.07. The van der Waals surface area contributed by atoms with E-state index in [1.165, 1.54) is 0 Å². The van der Waals surface area contributed by atoms with Crippen molar-refractivity contribution in [3.63, 3.8) is 0 Å². The molecule has 1 N–H and O–H groups in total. The Morgan fingerprint density at radius 2 is 2.25 bits per heavy atom. The summed E-state index contributed by atoms with van der Waals surface area (Å²) >= 11 is 3.37. The van der Waals surface area contributed by atoms with Crippen molar-refractivity contribution in [2.24, 2.45) is 0 Å². The minimum absolute atomic E-state index is 0.225. The number of aromatic nitrogens is 4. The van der Waals surface area contributed by atoms with Crippen LogP contribution in [0.3, 0.4) is 0 Å². The zero-order valence-electron chi connectivity index (χ0n) is 12.8. The van der Waals surface area contributed by atoms with Crippen LogP contribution < -0.4 is 10.1 Å². The molecule has 7 nitrogen and oxygen atoms in total. The van der Waals surface area contributed by atoms with Gasteiger partial charge in [0.05, 0.1) is 37.3 Å². The molecule has 0 bridgehead atoms. The zero-order chi connectivity index (χ0) is 16.9. The summed E-state index contributed by atoms with van der Waals surface area (Å²) in [5.74, 6) is 0.391. The second-order valence-corrected chi connectivity index (χ2v) is 5.75. The maximum absolute atomic E-state index is 12.3. The van der Waals surface area contributed by atoms with Gasteiger partial charge in [0.2, 0.25) is 0 Å². The lowest BCUT2D eigenvalue weighted by Gasteiger charge is -2.07. The first-order valence-corrected chi connectivity index (χ1v) is 7.90. The molecule has 122 valence electrons. The fourth-order valence-corrected chi connectivity index (χ4v) is 2.49. The predicted molar refractivity (Wildman–Crippen MR) is 91.0 cm³/mol. The summed E-state index contributed by atoms with van der Waals surface area (Å²) in [6.07, 6.45) is 5.12. The lowest BCUT2D eigenvalue weighted by atomic mass is 10.2. The lowest BCUT2D eigenvalue weighted by Crippen LogP contribution is -2.23. The Hall–Kier alpha value is -2.74. The van der Waals surface area contributed by atoms with E-state index >= 15 is 0 Å². The number of benzene rings is 1. The number of pyridine rings is 1. The number of amides is 1. The summed E-state index contributed by atoms with van der Waals surface area (Å²) in [4.78, 5) is 16.4. The first-order valence-electron chi connectivity index (χ1n) is 7.11. The van der Waals surface area contributed by atoms with Gasteiger partial charge < -0.3 is 10.1 Å². The molecule has 3 aromatic rings. The molecular formula is C16H14BrN5O2. The SMILES string of the molecule is COc1ccc(Br)c(C(=O)NCc2cn(-c3cccnc3)nn2)c1. The van der Waals surface area contributed by atoms with Gasteiger partial charge in [-0.3, -0.25) is 9.78 Å².